The van der Waals surface area contributed by atoms with Crippen LogP contribution in [0.3, 0.4) is 0 Å². The summed E-state index contributed by atoms with van der Waals surface area (Å²) in [4.78, 5) is 33.2. The van der Waals surface area contributed by atoms with Gasteiger partial charge in [0, 0.05) is 30.1 Å². The van der Waals surface area contributed by atoms with Gasteiger partial charge < -0.3 is 9.80 Å². The SMILES string of the molecule is Cc1nc(CN(C(=O)[C@@H]2CC(=O)N(C(C)C)C2)c2ccc(F)cc2)cs1. The number of aromatic nitrogens is 1. The molecule has 1 saturated heterocycles. The first kappa shape index (κ1) is 18.5. The average Bonchev–Trinajstić information content (AvgIpc) is 3.18. The number of carbonyl (C=O) groups is 2. The number of rotatable bonds is 5. The number of thiazole rings is 1. The van der Waals surface area contributed by atoms with E-state index >= 15 is 0 Å². The number of amides is 2. The van der Waals surface area contributed by atoms with Crippen LogP contribution in [-0.2, 0) is 16.1 Å². The summed E-state index contributed by atoms with van der Waals surface area (Å²) in [6, 6.07) is 5.91. The minimum absolute atomic E-state index is 0.00177. The number of anilines is 1. The third-order valence-electron chi connectivity index (χ3n) is 4.52. The molecular weight excluding hydrogens is 353 g/mol. The molecule has 1 atom stereocenters. The zero-order valence-corrected chi connectivity index (χ0v) is 15.9. The van der Waals surface area contributed by atoms with Crippen LogP contribution in [0.2, 0.25) is 0 Å². The molecule has 2 heterocycles. The highest BCUT2D eigenvalue weighted by Gasteiger charge is 2.38. The molecule has 7 heteroatoms. The van der Waals surface area contributed by atoms with E-state index in [0.717, 1.165) is 10.7 Å². The van der Waals surface area contributed by atoms with E-state index < -0.39 is 5.92 Å². The summed E-state index contributed by atoms with van der Waals surface area (Å²) >= 11 is 1.52. The molecule has 0 bridgehead atoms. The van der Waals surface area contributed by atoms with Gasteiger partial charge in [0.05, 0.1) is 23.2 Å². The van der Waals surface area contributed by atoms with E-state index in [-0.39, 0.29) is 30.1 Å². The number of benzene rings is 1. The van der Waals surface area contributed by atoms with Crippen molar-refractivity contribution in [1.29, 1.82) is 0 Å². The van der Waals surface area contributed by atoms with Crippen LogP contribution < -0.4 is 4.90 Å². The maximum Gasteiger partial charge on any atom is 0.232 e. The molecule has 5 nitrogen and oxygen atoms in total. The molecule has 3 rings (SSSR count). The summed E-state index contributed by atoms with van der Waals surface area (Å²) in [5.74, 6) is -0.872. The third-order valence-corrected chi connectivity index (χ3v) is 5.34. The Kier molecular flexibility index (Phi) is 5.36. The average molecular weight is 375 g/mol. The summed E-state index contributed by atoms with van der Waals surface area (Å²) in [6.07, 6.45) is 0.213. The molecule has 1 aromatic heterocycles. The van der Waals surface area contributed by atoms with Crippen LogP contribution in [0.5, 0.6) is 0 Å². The van der Waals surface area contributed by atoms with Gasteiger partial charge in [-0.2, -0.15) is 0 Å². The standard InChI is InChI=1S/C19H22FN3O2S/c1-12(2)22-9-14(8-18(22)24)19(25)23(10-16-11-26-13(3)21-16)17-6-4-15(20)5-7-17/h4-7,11-12,14H,8-10H2,1-3H3/t14-/m1/s1. The van der Waals surface area contributed by atoms with Gasteiger partial charge in [0.2, 0.25) is 11.8 Å². The van der Waals surface area contributed by atoms with Gasteiger partial charge in [0.25, 0.3) is 0 Å². The second-order valence-corrected chi connectivity index (χ2v) is 7.86. The lowest BCUT2D eigenvalue weighted by atomic mass is 10.1. The van der Waals surface area contributed by atoms with E-state index in [4.69, 9.17) is 0 Å². The Hall–Kier alpha value is -2.28. The maximum atomic E-state index is 13.3. The molecule has 1 fully saturated rings. The Balaban J connectivity index is 1.86. The molecule has 1 aromatic carbocycles. The van der Waals surface area contributed by atoms with Crippen molar-refractivity contribution < 1.29 is 14.0 Å². The van der Waals surface area contributed by atoms with E-state index in [9.17, 15) is 14.0 Å². The van der Waals surface area contributed by atoms with E-state index in [1.165, 1.54) is 23.5 Å². The Morgan fingerprint density at radius 3 is 2.62 bits per heavy atom. The fourth-order valence-corrected chi connectivity index (χ4v) is 3.78. The zero-order valence-electron chi connectivity index (χ0n) is 15.1. The number of hydrogen-bond donors (Lipinski definition) is 0. The van der Waals surface area contributed by atoms with Gasteiger partial charge in [-0.15, -0.1) is 11.3 Å². The molecule has 2 amide bonds. The lowest BCUT2D eigenvalue weighted by Gasteiger charge is -2.26. The van der Waals surface area contributed by atoms with Crippen molar-refractivity contribution in [2.24, 2.45) is 5.92 Å². The van der Waals surface area contributed by atoms with Gasteiger partial charge in [-0.25, -0.2) is 9.37 Å². The fourth-order valence-electron chi connectivity index (χ4n) is 3.18. The van der Waals surface area contributed by atoms with Gasteiger partial charge in [0.1, 0.15) is 5.82 Å². The molecule has 0 saturated carbocycles. The maximum absolute atomic E-state index is 13.3. The highest BCUT2D eigenvalue weighted by molar-refractivity contribution is 7.09. The van der Waals surface area contributed by atoms with Crippen LogP contribution in [0.4, 0.5) is 10.1 Å². The molecule has 0 spiro atoms. The molecule has 1 aliphatic heterocycles. The Morgan fingerprint density at radius 2 is 2.08 bits per heavy atom. The molecule has 0 N–H and O–H groups in total. The van der Waals surface area contributed by atoms with Crippen LogP contribution in [0.15, 0.2) is 29.6 Å². The van der Waals surface area contributed by atoms with Crippen LogP contribution in [0.1, 0.15) is 31.0 Å². The van der Waals surface area contributed by atoms with Crippen molar-refractivity contribution >= 4 is 28.8 Å². The van der Waals surface area contributed by atoms with Crippen molar-refractivity contribution in [3.8, 4) is 0 Å². The van der Waals surface area contributed by atoms with Crippen molar-refractivity contribution in [3.63, 3.8) is 0 Å². The van der Waals surface area contributed by atoms with Gasteiger partial charge in [0.15, 0.2) is 0 Å². The van der Waals surface area contributed by atoms with Crippen LogP contribution in [0.25, 0.3) is 0 Å². The van der Waals surface area contributed by atoms with Crippen molar-refractivity contribution in [1.82, 2.24) is 9.88 Å². The smallest absolute Gasteiger partial charge is 0.232 e. The summed E-state index contributed by atoms with van der Waals surface area (Å²) in [6.45, 7) is 6.53. The third kappa shape index (κ3) is 3.93. The minimum atomic E-state index is -0.394. The predicted molar refractivity (Wildman–Crippen MR) is 99.4 cm³/mol. The Morgan fingerprint density at radius 1 is 1.38 bits per heavy atom. The molecular formula is C19H22FN3O2S. The quantitative estimate of drug-likeness (QED) is 0.805. The number of aryl methyl sites for hydroxylation is 1. The fraction of sp³-hybridized carbons (Fsp3) is 0.421. The summed E-state index contributed by atoms with van der Waals surface area (Å²) < 4.78 is 13.3. The molecule has 26 heavy (non-hydrogen) atoms. The van der Waals surface area contributed by atoms with Crippen molar-refractivity contribution in [3.05, 3.63) is 46.2 Å². The number of nitrogens with zero attached hydrogens (tertiary/aromatic N) is 3. The van der Waals surface area contributed by atoms with E-state index in [0.29, 0.717) is 18.8 Å². The van der Waals surface area contributed by atoms with E-state index in [1.807, 2.05) is 26.2 Å². The van der Waals surface area contributed by atoms with Gasteiger partial charge in [-0.3, -0.25) is 9.59 Å². The number of carbonyl (C=O) groups excluding carboxylic acids is 2. The first-order chi connectivity index (χ1) is 12.3. The molecule has 138 valence electrons. The van der Waals surface area contributed by atoms with Crippen molar-refractivity contribution in [2.45, 2.75) is 39.8 Å². The second kappa shape index (κ2) is 7.53. The summed E-state index contributed by atoms with van der Waals surface area (Å²) in [7, 11) is 0. The number of halogens is 1. The minimum Gasteiger partial charge on any atom is -0.339 e. The molecule has 2 aromatic rings. The highest BCUT2D eigenvalue weighted by Crippen LogP contribution is 2.27. The van der Waals surface area contributed by atoms with Crippen molar-refractivity contribution in [2.75, 3.05) is 11.4 Å². The summed E-state index contributed by atoms with van der Waals surface area (Å²) in [5.41, 5.74) is 1.40. The Bertz CT molecular complexity index is 803. The normalized spacial score (nSPS) is 17.2. The Labute approximate surface area is 156 Å². The highest BCUT2D eigenvalue weighted by atomic mass is 32.1. The lowest BCUT2D eigenvalue weighted by Crippen LogP contribution is -2.38. The zero-order chi connectivity index (χ0) is 18.8. The summed E-state index contributed by atoms with van der Waals surface area (Å²) in [5, 5.41) is 2.84. The number of hydrogen-bond acceptors (Lipinski definition) is 4. The van der Waals surface area contributed by atoms with Gasteiger partial charge in [-0.05, 0) is 45.0 Å². The largest absolute Gasteiger partial charge is 0.339 e. The monoisotopic (exact) mass is 375 g/mol. The second-order valence-electron chi connectivity index (χ2n) is 6.80. The topological polar surface area (TPSA) is 53.5 Å². The van der Waals surface area contributed by atoms with E-state index in [2.05, 4.69) is 4.98 Å². The van der Waals surface area contributed by atoms with Gasteiger partial charge >= 0.3 is 0 Å². The first-order valence-electron chi connectivity index (χ1n) is 8.62. The van der Waals surface area contributed by atoms with E-state index in [1.54, 1.807) is 21.9 Å². The molecule has 0 unspecified atom stereocenters. The molecule has 0 aliphatic carbocycles. The lowest BCUT2D eigenvalue weighted by molar-refractivity contribution is -0.129. The van der Waals surface area contributed by atoms with Crippen LogP contribution in [0, 0.1) is 18.7 Å². The predicted octanol–water partition coefficient (Wildman–Crippen LogP) is 3.38. The van der Waals surface area contributed by atoms with Crippen LogP contribution >= 0.6 is 11.3 Å². The molecule has 0 radical (unpaired) electrons. The number of likely N-dealkylation sites (tertiary alicyclic amines) is 1. The van der Waals surface area contributed by atoms with Crippen LogP contribution in [-0.4, -0.2) is 34.3 Å². The first-order valence-corrected chi connectivity index (χ1v) is 9.50. The molecule has 1 aliphatic rings. The van der Waals surface area contributed by atoms with Gasteiger partial charge in [-0.1, -0.05) is 0 Å².